The molecule has 1 aromatic carbocycles. The number of hydrogen-bond donors (Lipinski definition) is 2. The van der Waals surface area contributed by atoms with Gasteiger partial charge in [-0.1, -0.05) is 12.1 Å². The molecule has 0 bridgehead atoms. The Labute approximate surface area is 138 Å². The van der Waals surface area contributed by atoms with Crippen molar-refractivity contribution in [1.29, 1.82) is 0 Å². The van der Waals surface area contributed by atoms with Crippen molar-refractivity contribution in [3.63, 3.8) is 0 Å². The lowest BCUT2D eigenvalue weighted by molar-refractivity contribution is 0.101. The lowest BCUT2D eigenvalue weighted by Crippen LogP contribution is -2.16. The summed E-state index contributed by atoms with van der Waals surface area (Å²) in [5.41, 5.74) is 1.68. The third kappa shape index (κ3) is 3.29. The Balaban J connectivity index is 1.69. The van der Waals surface area contributed by atoms with Gasteiger partial charge in [0, 0.05) is 19.2 Å². The number of rotatable bonds is 5. The first kappa shape index (κ1) is 15.8. The molecular weight excluding hydrogens is 306 g/mol. The molecule has 0 amide bonds. The van der Waals surface area contributed by atoms with Crippen LogP contribution in [0.3, 0.4) is 0 Å². The molecule has 0 saturated heterocycles. The quantitative estimate of drug-likeness (QED) is 0.695. The minimum absolute atomic E-state index is 0.0583. The van der Waals surface area contributed by atoms with Crippen LogP contribution in [0.4, 0.5) is 5.95 Å². The number of aryl methyl sites for hydroxylation is 1. The summed E-state index contributed by atoms with van der Waals surface area (Å²) in [5, 5.41) is 3.65. The minimum Gasteiger partial charge on any atom is -0.354 e. The summed E-state index contributed by atoms with van der Waals surface area (Å²) in [4.78, 5) is 39.0. The van der Waals surface area contributed by atoms with E-state index in [1.807, 2.05) is 18.2 Å². The van der Waals surface area contributed by atoms with Crippen molar-refractivity contribution in [1.82, 2.24) is 19.9 Å². The first-order valence-electron chi connectivity index (χ1n) is 7.61. The van der Waals surface area contributed by atoms with E-state index in [0.29, 0.717) is 46.9 Å². The molecule has 0 aliphatic carbocycles. The number of nitrogens with zero attached hydrogens (tertiary/aromatic N) is 3. The van der Waals surface area contributed by atoms with Crippen LogP contribution in [-0.4, -0.2) is 32.3 Å². The van der Waals surface area contributed by atoms with Gasteiger partial charge in [0.25, 0.3) is 5.56 Å². The monoisotopic (exact) mass is 323 g/mol. The van der Waals surface area contributed by atoms with E-state index in [1.54, 1.807) is 13.0 Å². The van der Waals surface area contributed by atoms with Gasteiger partial charge >= 0.3 is 0 Å². The van der Waals surface area contributed by atoms with E-state index < -0.39 is 0 Å². The molecule has 2 heterocycles. The first-order valence-corrected chi connectivity index (χ1v) is 7.61. The topological polar surface area (TPSA) is 101 Å². The smallest absolute Gasteiger partial charge is 0.258 e. The van der Waals surface area contributed by atoms with E-state index in [0.717, 1.165) is 0 Å². The van der Waals surface area contributed by atoms with Crippen LogP contribution in [0.1, 0.15) is 28.8 Å². The van der Waals surface area contributed by atoms with Gasteiger partial charge in [0.15, 0.2) is 5.78 Å². The van der Waals surface area contributed by atoms with Crippen LogP contribution in [-0.2, 0) is 6.42 Å². The lowest BCUT2D eigenvalue weighted by Gasteiger charge is -2.07. The molecule has 0 aliphatic heterocycles. The molecule has 0 unspecified atom stereocenters. The van der Waals surface area contributed by atoms with Crippen molar-refractivity contribution >= 4 is 22.6 Å². The molecule has 7 heteroatoms. The van der Waals surface area contributed by atoms with E-state index in [1.165, 1.54) is 13.1 Å². The van der Waals surface area contributed by atoms with Gasteiger partial charge in [-0.3, -0.25) is 9.59 Å². The van der Waals surface area contributed by atoms with Gasteiger partial charge in [0.1, 0.15) is 5.82 Å². The number of benzene rings is 1. The lowest BCUT2D eigenvalue weighted by atomic mass is 10.2. The number of para-hydroxylation sites is 1. The maximum atomic E-state index is 12.0. The number of fused-ring (bicyclic) bond motifs is 1. The third-order valence-corrected chi connectivity index (χ3v) is 3.67. The molecule has 0 atom stereocenters. The van der Waals surface area contributed by atoms with Crippen LogP contribution in [0.2, 0.25) is 0 Å². The second kappa shape index (κ2) is 6.57. The van der Waals surface area contributed by atoms with Crippen molar-refractivity contribution in [3.8, 4) is 0 Å². The molecule has 2 aromatic heterocycles. The van der Waals surface area contributed by atoms with Gasteiger partial charge in [-0.25, -0.2) is 15.0 Å². The maximum Gasteiger partial charge on any atom is 0.258 e. The number of aromatic amines is 1. The first-order chi connectivity index (χ1) is 11.5. The Morgan fingerprint density at radius 3 is 2.79 bits per heavy atom. The fourth-order valence-electron chi connectivity index (χ4n) is 2.44. The largest absolute Gasteiger partial charge is 0.354 e. The molecule has 7 nitrogen and oxygen atoms in total. The number of hydrogen-bond acceptors (Lipinski definition) is 6. The molecule has 0 radical (unpaired) electrons. The highest BCUT2D eigenvalue weighted by atomic mass is 16.1. The standard InChI is InChI=1S/C17H17N5O2/c1-10-13(11(2)23)9-19-17(20-10)18-8-7-15-21-14-6-4-3-5-12(14)16(24)22-15/h3-6,9H,7-8H2,1-2H3,(H,18,19,20)(H,21,22,24). The molecule has 0 fully saturated rings. The van der Waals surface area contributed by atoms with E-state index in [9.17, 15) is 9.59 Å². The van der Waals surface area contributed by atoms with E-state index >= 15 is 0 Å². The fraction of sp³-hybridized carbons (Fsp3) is 0.235. The van der Waals surface area contributed by atoms with Crippen LogP contribution < -0.4 is 10.9 Å². The molecule has 2 N–H and O–H groups in total. The number of nitrogens with one attached hydrogen (secondary N) is 2. The van der Waals surface area contributed by atoms with Gasteiger partial charge in [-0.05, 0) is 26.0 Å². The normalized spacial score (nSPS) is 10.8. The van der Waals surface area contributed by atoms with Crippen LogP contribution in [0.25, 0.3) is 10.9 Å². The van der Waals surface area contributed by atoms with Crippen molar-refractivity contribution in [3.05, 3.63) is 57.9 Å². The van der Waals surface area contributed by atoms with Crippen molar-refractivity contribution in [2.75, 3.05) is 11.9 Å². The summed E-state index contributed by atoms with van der Waals surface area (Å²) >= 11 is 0. The highest BCUT2D eigenvalue weighted by Crippen LogP contribution is 2.08. The van der Waals surface area contributed by atoms with Gasteiger partial charge < -0.3 is 10.3 Å². The average molecular weight is 323 g/mol. The minimum atomic E-state index is -0.145. The molecule has 3 aromatic rings. The van der Waals surface area contributed by atoms with Gasteiger partial charge in [-0.2, -0.15) is 0 Å². The zero-order valence-corrected chi connectivity index (χ0v) is 13.5. The second-order valence-electron chi connectivity index (χ2n) is 5.46. The average Bonchev–Trinajstić information content (AvgIpc) is 2.55. The molecule has 24 heavy (non-hydrogen) atoms. The molecule has 0 spiro atoms. The van der Waals surface area contributed by atoms with E-state index in [2.05, 4.69) is 25.3 Å². The predicted octanol–water partition coefficient (Wildman–Crippen LogP) is 1.88. The number of H-pyrrole nitrogens is 1. The van der Waals surface area contributed by atoms with Crippen LogP contribution in [0.5, 0.6) is 0 Å². The van der Waals surface area contributed by atoms with Crippen LogP contribution >= 0.6 is 0 Å². The Morgan fingerprint density at radius 1 is 1.25 bits per heavy atom. The Bertz CT molecular complexity index is 965. The highest BCUT2D eigenvalue weighted by Gasteiger charge is 2.07. The number of anilines is 1. The van der Waals surface area contributed by atoms with Gasteiger partial charge in [-0.15, -0.1) is 0 Å². The number of aromatic nitrogens is 4. The summed E-state index contributed by atoms with van der Waals surface area (Å²) in [6.45, 7) is 3.77. The van der Waals surface area contributed by atoms with E-state index in [-0.39, 0.29) is 11.3 Å². The Morgan fingerprint density at radius 2 is 2.04 bits per heavy atom. The molecule has 0 saturated carbocycles. The zero-order valence-electron chi connectivity index (χ0n) is 13.5. The summed E-state index contributed by atoms with van der Waals surface area (Å²) in [7, 11) is 0. The van der Waals surface area contributed by atoms with Crippen molar-refractivity contribution in [2.24, 2.45) is 0 Å². The van der Waals surface area contributed by atoms with Gasteiger partial charge in [0.05, 0.1) is 22.2 Å². The number of carbonyl (C=O) groups is 1. The summed E-state index contributed by atoms with van der Waals surface area (Å²) in [6.07, 6.45) is 2.04. The fourth-order valence-corrected chi connectivity index (χ4v) is 2.44. The van der Waals surface area contributed by atoms with E-state index in [4.69, 9.17) is 0 Å². The Kier molecular flexibility index (Phi) is 4.33. The number of ketones is 1. The molecule has 122 valence electrons. The number of Topliss-reactive ketones (excluding diaryl/α,β-unsaturated/α-hetero) is 1. The van der Waals surface area contributed by atoms with Gasteiger partial charge in [0.2, 0.25) is 5.95 Å². The maximum absolute atomic E-state index is 12.0. The van der Waals surface area contributed by atoms with Crippen molar-refractivity contribution in [2.45, 2.75) is 20.3 Å². The summed E-state index contributed by atoms with van der Waals surface area (Å²) in [5.74, 6) is 0.987. The van der Waals surface area contributed by atoms with Crippen LogP contribution in [0, 0.1) is 6.92 Å². The zero-order chi connectivity index (χ0) is 17.1. The molecular formula is C17H17N5O2. The predicted molar refractivity (Wildman–Crippen MR) is 91.3 cm³/mol. The van der Waals surface area contributed by atoms with Crippen molar-refractivity contribution < 1.29 is 4.79 Å². The SMILES string of the molecule is CC(=O)c1cnc(NCCc2nc3ccccc3c(=O)[nH]2)nc1C. The second-order valence-corrected chi connectivity index (χ2v) is 5.46. The molecule has 0 aliphatic rings. The Hall–Kier alpha value is -3.09. The number of carbonyl (C=O) groups excluding carboxylic acids is 1. The molecule has 3 rings (SSSR count). The summed E-state index contributed by atoms with van der Waals surface area (Å²) < 4.78 is 0. The highest BCUT2D eigenvalue weighted by molar-refractivity contribution is 5.94. The third-order valence-electron chi connectivity index (χ3n) is 3.67. The van der Waals surface area contributed by atoms with Crippen LogP contribution in [0.15, 0.2) is 35.3 Å². The summed E-state index contributed by atoms with van der Waals surface area (Å²) in [6, 6.07) is 7.22.